The summed E-state index contributed by atoms with van der Waals surface area (Å²) in [5, 5.41) is 9.20. The third kappa shape index (κ3) is 6.62. The number of carbonyl (C=O) groups is 1. The van der Waals surface area contributed by atoms with Crippen molar-refractivity contribution in [3.05, 3.63) is 94.8 Å². The number of rotatable bonds is 10. The summed E-state index contributed by atoms with van der Waals surface area (Å²) in [6.45, 7) is 0. The number of sulfonamides is 1. The Morgan fingerprint density at radius 3 is 2.32 bits per heavy atom. The molecular weight excluding hydrogens is 436 g/mol. The molecule has 0 radical (unpaired) electrons. The Bertz CT molecular complexity index is 1100. The van der Waals surface area contributed by atoms with Gasteiger partial charge in [0, 0.05) is 23.8 Å². The van der Waals surface area contributed by atoms with E-state index < -0.39 is 22.0 Å². The fraction of sp³-hybridized carbons (Fsp3) is 0.217. The van der Waals surface area contributed by atoms with Gasteiger partial charge in [-0.15, -0.1) is 0 Å². The number of aromatic nitrogens is 1. The van der Waals surface area contributed by atoms with Crippen LogP contribution in [0, 0.1) is 0 Å². The average Bonchev–Trinajstić information content (AvgIpc) is 2.76. The van der Waals surface area contributed by atoms with Gasteiger partial charge >= 0.3 is 5.97 Å². The summed E-state index contributed by atoms with van der Waals surface area (Å²) in [6, 6.07) is 16.6. The maximum absolute atomic E-state index is 13.0. The Morgan fingerprint density at radius 2 is 1.71 bits per heavy atom. The molecule has 3 aromatic rings. The Morgan fingerprint density at radius 1 is 1.00 bits per heavy atom. The standard InChI is InChI=1S/C23H23ClN2O4S/c24-20-11-13-21(14-12-20)31(29,30)26-23(19-5-3-15-25-16-19)18-9-7-17(8-10-18)4-1-2-6-22(27)28/h3,5,7-16,23,26H,1-2,4,6H2,(H,27,28). The number of carboxylic acid groups (broad SMARTS) is 1. The van der Waals surface area contributed by atoms with Crippen molar-refractivity contribution in [3.8, 4) is 0 Å². The van der Waals surface area contributed by atoms with Gasteiger partial charge in [0.2, 0.25) is 10.0 Å². The van der Waals surface area contributed by atoms with Gasteiger partial charge in [-0.2, -0.15) is 4.72 Å². The molecule has 0 aliphatic carbocycles. The van der Waals surface area contributed by atoms with Crippen molar-refractivity contribution in [2.24, 2.45) is 0 Å². The van der Waals surface area contributed by atoms with E-state index in [0.29, 0.717) is 17.0 Å². The molecule has 0 aliphatic heterocycles. The van der Waals surface area contributed by atoms with E-state index in [4.69, 9.17) is 16.7 Å². The molecule has 0 saturated heterocycles. The summed E-state index contributed by atoms with van der Waals surface area (Å²) in [6.07, 6.45) is 5.59. The third-order valence-corrected chi connectivity index (χ3v) is 6.52. The van der Waals surface area contributed by atoms with Crippen LogP contribution in [0.2, 0.25) is 5.02 Å². The lowest BCUT2D eigenvalue weighted by atomic mass is 9.98. The van der Waals surface area contributed by atoms with Gasteiger partial charge in [-0.25, -0.2) is 8.42 Å². The SMILES string of the molecule is O=C(O)CCCCc1ccc(C(NS(=O)(=O)c2ccc(Cl)cc2)c2cccnc2)cc1. The minimum Gasteiger partial charge on any atom is -0.481 e. The van der Waals surface area contributed by atoms with E-state index >= 15 is 0 Å². The topological polar surface area (TPSA) is 96.4 Å². The van der Waals surface area contributed by atoms with Crippen molar-refractivity contribution in [2.75, 3.05) is 0 Å². The second-order valence-corrected chi connectivity index (χ2v) is 9.29. The number of nitrogens with zero attached hydrogens (tertiary/aromatic N) is 1. The van der Waals surface area contributed by atoms with Gasteiger partial charge in [-0.05, 0) is 66.3 Å². The van der Waals surface area contributed by atoms with E-state index in [1.807, 2.05) is 30.3 Å². The zero-order valence-corrected chi connectivity index (χ0v) is 18.3. The highest BCUT2D eigenvalue weighted by Gasteiger charge is 2.23. The van der Waals surface area contributed by atoms with Crippen LogP contribution in [-0.2, 0) is 21.2 Å². The Kier molecular flexibility index (Phi) is 7.79. The summed E-state index contributed by atoms with van der Waals surface area (Å²) in [5.74, 6) is -0.789. The van der Waals surface area contributed by atoms with Gasteiger partial charge in [-0.1, -0.05) is 41.9 Å². The van der Waals surface area contributed by atoms with Crippen LogP contribution in [0.25, 0.3) is 0 Å². The number of aliphatic carboxylic acids is 1. The number of nitrogens with one attached hydrogen (secondary N) is 1. The molecule has 1 unspecified atom stereocenters. The van der Waals surface area contributed by atoms with E-state index in [1.165, 1.54) is 24.3 Å². The van der Waals surface area contributed by atoms with Crippen molar-refractivity contribution in [3.63, 3.8) is 0 Å². The number of unbranched alkanes of at least 4 members (excludes halogenated alkanes) is 1. The van der Waals surface area contributed by atoms with Gasteiger partial charge < -0.3 is 5.11 Å². The first-order chi connectivity index (χ1) is 14.8. The van der Waals surface area contributed by atoms with Gasteiger partial charge in [0.1, 0.15) is 0 Å². The fourth-order valence-corrected chi connectivity index (χ4v) is 4.53. The van der Waals surface area contributed by atoms with Gasteiger partial charge in [0.05, 0.1) is 10.9 Å². The number of carboxylic acids is 1. The van der Waals surface area contributed by atoms with Crippen LogP contribution in [-0.4, -0.2) is 24.5 Å². The molecule has 3 rings (SSSR count). The molecular formula is C23H23ClN2O4S. The van der Waals surface area contributed by atoms with Crippen molar-refractivity contribution in [1.82, 2.24) is 9.71 Å². The molecule has 31 heavy (non-hydrogen) atoms. The van der Waals surface area contributed by atoms with Crippen molar-refractivity contribution in [2.45, 2.75) is 36.6 Å². The largest absolute Gasteiger partial charge is 0.481 e. The zero-order valence-electron chi connectivity index (χ0n) is 16.7. The molecule has 2 N–H and O–H groups in total. The van der Waals surface area contributed by atoms with Crippen molar-refractivity contribution in [1.29, 1.82) is 0 Å². The van der Waals surface area contributed by atoms with E-state index in [9.17, 15) is 13.2 Å². The van der Waals surface area contributed by atoms with Crippen LogP contribution < -0.4 is 4.72 Å². The number of benzene rings is 2. The molecule has 2 aromatic carbocycles. The Labute approximate surface area is 187 Å². The minimum atomic E-state index is -3.80. The molecule has 0 bridgehead atoms. The second-order valence-electron chi connectivity index (χ2n) is 7.14. The monoisotopic (exact) mass is 458 g/mol. The quantitative estimate of drug-likeness (QED) is 0.433. The molecule has 162 valence electrons. The lowest BCUT2D eigenvalue weighted by Crippen LogP contribution is -2.29. The molecule has 0 fully saturated rings. The van der Waals surface area contributed by atoms with Crippen molar-refractivity contribution >= 4 is 27.6 Å². The summed E-state index contributed by atoms with van der Waals surface area (Å²) >= 11 is 5.88. The Balaban J connectivity index is 1.81. The predicted molar refractivity (Wildman–Crippen MR) is 119 cm³/mol. The van der Waals surface area contributed by atoms with Crippen LogP contribution in [0.1, 0.15) is 42.0 Å². The van der Waals surface area contributed by atoms with E-state index in [-0.39, 0.29) is 11.3 Å². The van der Waals surface area contributed by atoms with Crippen LogP contribution in [0.15, 0.2) is 78.0 Å². The lowest BCUT2D eigenvalue weighted by Gasteiger charge is -2.20. The van der Waals surface area contributed by atoms with Crippen molar-refractivity contribution < 1.29 is 18.3 Å². The zero-order chi connectivity index (χ0) is 22.3. The molecule has 0 amide bonds. The highest BCUT2D eigenvalue weighted by molar-refractivity contribution is 7.89. The van der Waals surface area contributed by atoms with Gasteiger partial charge in [0.15, 0.2) is 0 Å². The van der Waals surface area contributed by atoms with Gasteiger partial charge in [0.25, 0.3) is 0 Å². The van der Waals surface area contributed by atoms with Crippen LogP contribution in [0.5, 0.6) is 0 Å². The Hall–Kier alpha value is -2.74. The molecule has 1 aromatic heterocycles. The lowest BCUT2D eigenvalue weighted by molar-refractivity contribution is -0.137. The van der Waals surface area contributed by atoms with Crippen LogP contribution >= 0.6 is 11.6 Å². The number of hydrogen-bond acceptors (Lipinski definition) is 4. The van der Waals surface area contributed by atoms with Gasteiger partial charge in [-0.3, -0.25) is 9.78 Å². The molecule has 6 nitrogen and oxygen atoms in total. The highest BCUT2D eigenvalue weighted by Crippen LogP contribution is 2.25. The molecule has 8 heteroatoms. The van der Waals surface area contributed by atoms with E-state index in [1.54, 1.807) is 18.5 Å². The normalized spacial score (nSPS) is 12.4. The fourth-order valence-electron chi connectivity index (χ4n) is 3.19. The van der Waals surface area contributed by atoms with Crippen LogP contribution in [0.4, 0.5) is 0 Å². The van der Waals surface area contributed by atoms with Crippen LogP contribution in [0.3, 0.4) is 0 Å². The van der Waals surface area contributed by atoms with E-state index in [0.717, 1.165) is 24.0 Å². The molecule has 1 atom stereocenters. The minimum absolute atomic E-state index is 0.126. The first-order valence-corrected chi connectivity index (χ1v) is 11.7. The summed E-state index contributed by atoms with van der Waals surface area (Å²) in [4.78, 5) is 14.9. The first-order valence-electron chi connectivity index (χ1n) is 9.83. The number of halogens is 1. The second kappa shape index (κ2) is 10.5. The summed E-state index contributed by atoms with van der Waals surface area (Å²) in [5.41, 5.74) is 2.56. The number of pyridine rings is 1. The number of hydrogen-bond donors (Lipinski definition) is 2. The third-order valence-electron chi connectivity index (χ3n) is 4.83. The molecule has 0 saturated carbocycles. The molecule has 1 heterocycles. The maximum atomic E-state index is 13.0. The average molecular weight is 459 g/mol. The highest BCUT2D eigenvalue weighted by atomic mass is 35.5. The predicted octanol–water partition coefficient (Wildman–Crippen LogP) is 4.60. The summed E-state index contributed by atoms with van der Waals surface area (Å²) < 4.78 is 28.7. The summed E-state index contributed by atoms with van der Waals surface area (Å²) in [7, 11) is -3.80. The van der Waals surface area contributed by atoms with E-state index in [2.05, 4.69) is 9.71 Å². The smallest absolute Gasteiger partial charge is 0.303 e. The first kappa shape index (κ1) is 22.9. The number of aryl methyl sites for hydroxylation is 1. The molecule has 0 spiro atoms. The molecule has 0 aliphatic rings. The maximum Gasteiger partial charge on any atom is 0.303 e.